The summed E-state index contributed by atoms with van der Waals surface area (Å²) in [7, 11) is 1.33. The number of amides is 2. The lowest BCUT2D eigenvalue weighted by atomic mass is 9.77. The van der Waals surface area contributed by atoms with Gasteiger partial charge in [-0.2, -0.15) is 0 Å². The van der Waals surface area contributed by atoms with Gasteiger partial charge in [0.05, 0.1) is 31.4 Å². The minimum Gasteiger partial charge on any atom is -0.469 e. The van der Waals surface area contributed by atoms with Crippen molar-refractivity contribution in [3.05, 3.63) is 48.2 Å². The molecule has 1 spiro atoms. The normalized spacial score (nSPS) is 20.3. The highest BCUT2D eigenvalue weighted by molar-refractivity contribution is 5.95. The highest BCUT2D eigenvalue weighted by Gasteiger charge is 2.58. The standard InChI is InChI=1S/C23H26N2O6/c1-3-31-25-20(26)15-18(22(28)29-2)23(25)9-11-24(12-10-23)21(27)17-7-4-6-16(14-17)19-8-5-13-30-19/h4-8,13-14,18H,3,9-12,15H2,1-2H3. The fourth-order valence-electron chi connectivity index (χ4n) is 4.69. The van der Waals surface area contributed by atoms with Crippen LogP contribution in [0.15, 0.2) is 47.1 Å². The van der Waals surface area contributed by atoms with Gasteiger partial charge in [-0.15, -0.1) is 0 Å². The Morgan fingerprint density at radius 2 is 1.97 bits per heavy atom. The van der Waals surface area contributed by atoms with Crippen LogP contribution in [0, 0.1) is 5.92 Å². The van der Waals surface area contributed by atoms with Crippen molar-refractivity contribution in [2.24, 2.45) is 5.92 Å². The Kier molecular flexibility index (Phi) is 5.82. The van der Waals surface area contributed by atoms with Gasteiger partial charge in [0.25, 0.3) is 5.91 Å². The molecule has 1 unspecified atom stereocenters. The highest BCUT2D eigenvalue weighted by Crippen LogP contribution is 2.44. The van der Waals surface area contributed by atoms with Crippen LogP contribution in [0.5, 0.6) is 0 Å². The summed E-state index contributed by atoms with van der Waals surface area (Å²) in [6, 6.07) is 11.0. The quantitative estimate of drug-likeness (QED) is 0.683. The zero-order chi connectivity index (χ0) is 22.0. The summed E-state index contributed by atoms with van der Waals surface area (Å²) in [5, 5.41) is 1.37. The fraction of sp³-hybridized carbons (Fsp3) is 0.435. The number of nitrogens with zero attached hydrogens (tertiary/aromatic N) is 2. The van der Waals surface area contributed by atoms with E-state index in [0.717, 1.165) is 5.56 Å². The van der Waals surface area contributed by atoms with Gasteiger partial charge in [-0.05, 0) is 44.0 Å². The first-order valence-corrected chi connectivity index (χ1v) is 10.5. The fourth-order valence-corrected chi connectivity index (χ4v) is 4.69. The summed E-state index contributed by atoms with van der Waals surface area (Å²) in [5.41, 5.74) is 0.616. The first-order chi connectivity index (χ1) is 15.0. The van der Waals surface area contributed by atoms with Crippen molar-refractivity contribution in [3.63, 3.8) is 0 Å². The third-order valence-corrected chi connectivity index (χ3v) is 6.23. The molecule has 1 aromatic heterocycles. The molecule has 164 valence electrons. The predicted octanol–water partition coefficient (Wildman–Crippen LogP) is 2.89. The number of methoxy groups -OCH3 is 1. The zero-order valence-corrected chi connectivity index (χ0v) is 17.7. The van der Waals surface area contributed by atoms with E-state index in [4.69, 9.17) is 14.0 Å². The van der Waals surface area contributed by atoms with Crippen molar-refractivity contribution in [2.45, 2.75) is 31.7 Å². The van der Waals surface area contributed by atoms with E-state index in [1.165, 1.54) is 12.2 Å². The molecule has 2 aromatic rings. The highest BCUT2D eigenvalue weighted by atomic mass is 16.7. The molecule has 2 aliphatic rings. The molecule has 0 N–H and O–H groups in total. The van der Waals surface area contributed by atoms with Gasteiger partial charge in [0.15, 0.2) is 0 Å². The second-order valence-corrected chi connectivity index (χ2v) is 7.84. The van der Waals surface area contributed by atoms with E-state index in [9.17, 15) is 14.4 Å². The number of benzene rings is 1. The maximum Gasteiger partial charge on any atom is 0.311 e. The Morgan fingerprint density at radius 1 is 1.19 bits per heavy atom. The number of piperidine rings is 1. The minimum absolute atomic E-state index is 0.0613. The molecular weight excluding hydrogens is 400 g/mol. The number of hydrogen-bond acceptors (Lipinski definition) is 6. The molecule has 8 nitrogen and oxygen atoms in total. The number of furan rings is 1. The molecule has 31 heavy (non-hydrogen) atoms. The van der Waals surface area contributed by atoms with E-state index in [-0.39, 0.29) is 18.2 Å². The maximum absolute atomic E-state index is 13.2. The molecule has 0 saturated carbocycles. The van der Waals surface area contributed by atoms with E-state index >= 15 is 0 Å². The molecule has 1 atom stereocenters. The van der Waals surface area contributed by atoms with Crippen LogP contribution in [-0.4, -0.2) is 60.1 Å². The molecule has 8 heteroatoms. The van der Waals surface area contributed by atoms with Crippen LogP contribution in [0.1, 0.15) is 36.5 Å². The summed E-state index contributed by atoms with van der Waals surface area (Å²) in [5.74, 6) is -0.629. The second-order valence-electron chi connectivity index (χ2n) is 7.84. The molecule has 2 amide bonds. The molecule has 2 fully saturated rings. The number of carbonyl (C=O) groups is 3. The van der Waals surface area contributed by atoms with Crippen LogP contribution in [0.4, 0.5) is 0 Å². The molecule has 2 saturated heterocycles. The Morgan fingerprint density at radius 3 is 2.61 bits per heavy atom. The third kappa shape index (κ3) is 3.72. The van der Waals surface area contributed by atoms with E-state index in [1.54, 1.807) is 30.2 Å². The summed E-state index contributed by atoms with van der Waals surface area (Å²) >= 11 is 0. The lowest BCUT2D eigenvalue weighted by molar-refractivity contribution is -0.220. The Hall–Kier alpha value is -3.13. The van der Waals surface area contributed by atoms with Crippen molar-refractivity contribution < 1.29 is 28.4 Å². The number of carbonyl (C=O) groups excluding carboxylic acids is 3. The molecule has 0 radical (unpaired) electrons. The lowest BCUT2D eigenvalue weighted by Gasteiger charge is -2.45. The first kappa shape index (κ1) is 21.1. The number of rotatable bonds is 5. The van der Waals surface area contributed by atoms with E-state index < -0.39 is 17.4 Å². The average molecular weight is 426 g/mol. The Bertz CT molecular complexity index is 962. The van der Waals surface area contributed by atoms with Crippen molar-refractivity contribution in [1.29, 1.82) is 0 Å². The van der Waals surface area contributed by atoms with Crippen molar-refractivity contribution in [3.8, 4) is 11.3 Å². The average Bonchev–Trinajstić information content (AvgIpc) is 3.43. The van der Waals surface area contributed by atoms with Gasteiger partial charge in [0.2, 0.25) is 5.91 Å². The number of hydroxylamine groups is 2. The van der Waals surface area contributed by atoms with Crippen LogP contribution < -0.4 is 0 Å². The second kappa shape index (κ2) is 8.55. The third-order valence-electron chi connectivity index (χ3n) is 6.23. The molecule has 2 aliphatic heterocycles. The summed E-state index contributed by atoms with van der Waals surface area (Å²) in [6.07, 6.45) is 2.55. The van der Waals surface area contributed by atoms with Gasteiger partial charge in [-0.1, -0.05) is 12.1 Å². The smallest absolute Gasteiger partial charge is 0.311 e. The Balaban J connectivity index is 1.53. The van der Waals surface area contributed by atoms with Crippen molar-refractivity contribution >= 4 is 17.8 Å². The number of ether oxygens (including phenoxy) is 1. The van der Waals surface area contributed by atoms with Crippen LogP contribution in [-0.2, 0) is 19.2 Å². The van der Waals surface area contributed by atoms with Gasteiger partial charge >= 0.3 is 5.97 Å². The Labute approximate surface area is 180 Å². The minimum atomic E-state index is -0.785. The largest absolute Gasteiger partial charge is 0.469 e. The molecule has 3 heterocycles. The van der Waals surface area contributed by atoms with Gasteiger partial charge in [-0.3, -0.25) is 19.2 Å². The number of esters is 1. The first-order valence-electron chi connectivity index (χ1n) is 10.5. The van der Waals surface area contributed by atoms with E-state index in [2.05, 4.69) is 0 Å². The number of likely N-dealkylation sites (tertiary alicyclic amines) is 1. The topological polar surface area (TPSA) is 89.3 Å². The van der Waals surface area contributed by atoms with Crippen LogP contribution in [0.3, 0.4) is 0 Å². The molecule has 0 aliphatic carbocycles. The van der Waals surface area contributed by atoms with Gasteiger partial charge in [0.1, 0.15) is 5.76 Å². The van der Waals surface area contributed by atoms with Gasteiger partial charge in [-0.25, -0.2) is 5.06 Å². The molecule has 1 aromatic carbocycles. The van der Waals surface area contributed by atoms with Crippen LogP contribution >= 0.6 is 0 Å². The van der Waals surface area contributed by atoms with Crippen molar-refractivity contribution in [1.82, 2.24) is 9.96 Å². The van der Waals surface area contributed by atoms with Crippen molar-refractivity contribution in [2.75, 3.05) is 26.8 Å². The molecule has 0 bridgehead atoms. The van der Waals surface area contributed by atoms with Gasteiger partial charge < -0.3 is 14.1 Å². The van der Waals surface area contributed by atoms with E-state index in [0.29, 0.717) is 43.9 Å². The summed E-state index contributed by atoms with van der Waals surface area (Å²) in [4.78, 5) is 45.5. The van der Waals surface area contributed by atoms with Crippen LogP contribution in [0.25, 0.3) is 11.3 Å². The predicted molar refractivity (Wildman–Crippen MR) is 111 cm³/mol. The molecule has 4 rings (SSSR count). The molecular formula is C23H26N2O6. The summed E-state index contributed by atoms with van der Waals surface area (Å²) in [6.45, 7) is 2.95. The maximum atomic E-state index is 13.2. The lowest BCUT2D eigenvalue weighted by Crippen LogP contribution is -2.58. The van der Waals surface area contributed by atoms with E-state index in [1.807, 2.05) is 24.3 Å². The number of hydrogen-bond donors (Lipinski definition) is 0. The summed E-state index contributed by atoms with van der Waals surface area (Å²) < 4.78 is 10.4. The monoisotopic (exact) mass is 426 g/mol. The van der Waals surface area contributed by atoms with Gasteiger partial charge in [0, 0.05) is 30.6 Å². The SMILES string of the molecule is CCON1C(=O)CC(C(=O)OC)C12CCN(C(=O)c1cccc(-c3ccco3)c1)CC2. The zero-order valence-electron chi connectivity index (χ0n) is 17.7. The van der Waals surface area contributed by atoms with Crippen LogP contribution in [0.2, 0.25) is 0 Å².